The van der Waals surface area contributed by atoms with Gasteiger partial charge in [-0.05, 0) is 60.7 Å². The summed E-state index contributed by atoms with van der Waals surface area (Å²) in [5.74, 6) is 0.0917. The Morgan fingerprint density at radius 1 is 1.00 bits per heavy atom. The van der Waals surface area contributed by atoms with E-state index in [0.717, 1.165) is 4.90 Å². The van der Waals surface area contributed by atoms with Crippen LogP contribution in [-0.2, 0) is 4.79 Å². The van der Waals surface area contributed by atoms with Gasteiger partial charge in [0.15, 0.2) is 0 Å². The van der Waals surface area contributed by atoms with Crippen molar-refractivity contribution in [2.75, 3.05) is 18.7 Å². The SMILES string of the molecule is COc1ccc(C(=O)NC(C(=O)Nc2ccc(SC)cc2)C(C)C)cc1. The van der Waals surface area contributed by atoms with Crippen LogP contribution in [0.15, 0.2) is 53.4 Å². The molecule has 5 nitrogen and oxygen atoms in total. The highest BCUT2D eigenvalue weighted by molar-refractivity contribution is 7.98. The Bertz CT molecular complexity index is 743. The van der Waals surface area contributed by atoms with Crippen LogP contribution in [-0.4, -0.2) is 31.2 Å². The monoisotopic (exact) mass is 372 g/mol. The molecule has 0 fully saturated rings. The van der Waals surface area contributed by atoms with Crippen LogP contribution in [0.4, 0.5) is 5.69 Å². The minimum absolute atomic E-state index is 0.0531. The van der Waals surface area contributed by atoms with Gasteiger partial charge in [0.05, 0.1) is 7.11 Å². The molecule has 0 heterocycles. The van der Waals surface area contributed by atoms with Crippen LogP contribution in [0.25, 0.3) is 0 Å². The zero-order valence-corrected chi connectivity index (χ0v) is 16.2. The lowest BCUT2D eigenvalue weighted by atomic mass is 10.0. The van der Waals surface area contributed by atoms with E-state index in [4.69, 9.17) is 4.74 Å². The maximum absolute atomic E-state index is 12.6. The first-order chi connectivity index (χ1) is 12.4. The van der Waals surface area contributed by atoms with E-state index in [1.54, 1.807) is 43.1 Å². The fourth-order valence-electron chi connectivity index (χ4n) is 2.40. The molecule has 6 heteroatoms. The molecular weight excluding hydrogens is 348 g/mol. The number of rotatable bonds is 7. The van der Waals surface area contributed by atoms with Crippen LogP contribution in [0.1, 0.15) is 24.2 Å². The number of nitrogens with one attached hydrogen (secondary N) is 2. The van der Waals surface area contributed by atoms with E-state index in [1.165, 1.54) is 0 Å². The van der Waals surface area contributed by atoms with Crippen LogP contribution in [0.3, 0.4) is 0 Å². The summed E-state index contributed by atoms with van der Waals surface area (Å²) in [7, 11) is 1.57. The third-order valence-corrected chi connectivity index (χ3v) is 4.69. The van der Waals surface area contributed by atoms with Gasteiger partial charge in [-0.15, -0.1) is 11.8 Å². The number of carbonyl (C=O) groups is 2. The third kappa shape index (κ3) is 5.26. The van der Waals surface area contributed by atoms with Crippen molar-refractivity contribution in [1.29, 1.82) is 0 Å². The van der Waals surface area contributed by atoms with Gasteiger partial charge in [0, 0.05) is 16.1 Å². The lowest BCUT2D eigenvalue weighted by molar-refractivity contribution is -0.118. The van der Waals surface area contributed by atoms with Crippen molar-refractivity contribution in [3.8, 4) is 5.75 Å². The Hall–Kier alpha value is -2.47. The van der Waals surface area contributed by atoms with Crippen LogP contribution in [0, 0.1) is 5.92 Å². The summed E-state index contributed by atoms with van der Waals surface area (Å²) >= 11 is 1.64. The van der Waals surface area contributed by atoms with Crippen molar-refractivity contribution in [3.05, 3.63) is 54.1 Å². The van der Waals surface area contributed by atoms with E-state index >= 15 is 0 Å². The number of benzene rings is 2. The Morgan fingerprint density at radius 2 is 1.62 bits per heavy atom. The molecule has 0 radical (unpaired) electrons. The maximum Gasteiger partial charge on any atom is 0.251 e. The molecule has 26 heavy (non-hydrogen) atoms. The molecule has 0 saturated carbocycles. The number of anilines is 1. The first-order valence-corrected chi connectivity index (χ1v) is 9.57. The molecule has 0 aliphatic carbocycles. The molecule has 2 aromatic rings. The molecule has 2 rings (SSSR count). The van der Waals surface area contributed by atoms with E-state index < -0.39 is 6.04 Å². The first kappa shape index (κ1) is 19.8. The third-order valence-electron chi connectivity index (χ3n) is 3.95. The topological polar surface area (TPSA) is 67.4 Å². The number of hydrogen-bond acceptors (Lipinski definition) is 4. The Balaban J connectivity index is 2.06. The fourth-order valence-corrected chi connectivity index (χ4v) is 2.80. The van der Waals surface area contributed by atoms with Crippen molar-refractivity contribution in [3.63, 3.8) is 0 Å². The van der Waals surface area contributed by atoms with Crippen LogP contribution < -0.4 is 15.4 Å². The normalized spacial score (nSPS) is 11.7. The molecule has 0 aliphatic rings. The number of hydrogen-bond donors (Lipinski definition) is 2. The second-order valence-electron chi connectivity index (χ2n) is 6.14. The van der Waals surface area contributed by atoms with E-state index in [1.807, 2.05) is 44.4 Å². The number of ether oxygens (including phenoxy) is 1. The summed E-state index contributed by atoms with van der Waals surface area (Å²) < 4.78 is 5.09. The number of methoxy groups -OCH3 is 1. The molecule has 1 unspecified atom stereocenters. The second kappa shape index (κ2) is 9.29. The molecule has 2 aromatic carbocycles. The zero-order valence-electron chi connectivity index (χ0n) is 15.4. The molecule has 1 atom stereocenters. The second-order valence-corrected chi connectivity index (χ2v) is 7.02. The highest BCUT2D eigenvalue weighted by Gasteiger charge is 2.24. The largest absolute Gasteiger partial charge is 0.497 e. The van der Waals surface area contributed by atoms with Gasteiger partial charge in [-0.3, -0.25) is 9.59 Å². The first-order valence-electron chi connectivity index (χ1n) is 8.34. The minimum Gasteiger partial charge on any atom is -0.497 e. The van der Waals surface area contributed by atoms with Crippen molar-refractivity contribution in [1.82, 2.24) is 5.32 Å². The maximum atomic E-state index is 12.6. The van der Waals surface area contributed by atoms with E-state index in [9.17, 15) is 9.59 Å². The van der Waals surface area contributed by atoms with Gasteiger partial charge in [0.1, 0.15) is 11.8 Å². The summed E-state index contributed by atoms with van der Waals surface area (Å²) in [5, 5.41) is 5.68. The predicted octanol–water partition coefficient (Wildman–Crippen LogP) is 3.81. The summed E-state index contributed by atoms with van der Waals surface area (Å²) in [6, 6.07) is 13.7. The van der Waals surface area contributed by atoms with Crippen LogP contribution in [0.5, 0.6) is 5.75 Å². The van der Waals surface area contributed by atoms with Gasteiger partial charge < -0.3 is 15.4 Å². The standard InChI is InChI=1S/C20H24N2O3S/c1-13(2)18(20(24)21-15-7-11-17(26-4)12-8-15)22-19(23)14-5-9-16(25-3)10-6-14/h5-13,18H,1-4H3,(H,21,24)(H,22,23). The van der Waals surface area contributed by atoms with Gasteiger partial charge in [-0.1, -0.05) is 13.8 Å². The fraction of sp³-hybridized carbons (Fsp3) is 0.300. The predicted molar refractivity (Wildman–Crippen MR) is 106 cm³/mol. The van der Waals surface area contributed by atoms with Gasteiger partial charge in [-0.25, -0.2) is 0 Å². The molecule has 0 saturated heterocycles. The summed E-state index contributed by atoms with van der Waals surface area (Å²) in [5.41, 5.74) is 1.19. The Labute approximate surface area is 158 Å². The molecule has 0 aliphatic heterocycles. The minimum atomic E-state index is -0.634. The molecule has 0 bridgehead atoms. The van der Waals surface area contributed by atoms with Crippen molar-refractivity contribution in [2.24, 2.45) is 5.92 Å². The number of carbonyl (C=O) groups excluding carboxylic acids is 2. The van der Waals surface area contributed by atoms with Crippen molar-refractivity contribution < 1.29 is 14.3 Å². The highest BCUT2D eigenvalue weighted by Crippen LogP contribution is 2.18. The molecule has 0 aromatic heterocycles. The van der Waals surface area contributed by atoms with Crippen molar-refractivity contribution >= 4 is 29.3 Å². The smallest absolute Gasteiger partial charge is 0.251 e. The van der Waals surface area contributed by atoms with E-state index in [-0.39, 0.29) is 17.7 Å². The lowest BCUT2D eigenvalue weighted by Gasteiger charge is -2.22. The molecule has 0 spiro atoms. The number of amides is 2. The van der Waals surface area contributed by atoms with Gasteiger partial charge in [0.25, 0.3) is 5.91 Å². The Kier molecular flexibility index (Phi) is 7.09. The van der Waals surface area contributed by atoms with Crippen LogP contribution >= 0.6 is 11.8 Å². The molecule has 2 N–H and O–H groups in total. The summed E-state index contributed by atoms with van der Waals surface area (Å²) in [4.78, 5) is 26.2. The van der Waals surface area contributed by atoms with Crippen molar-refractivity contribution in [2.45, 2.75) is 24.8 Å². The van der Waals surface area contributed by atoms with E-state index in [0.29, 0.717) is 17.0 Å². The summed E-state index contributed by atoms with van der Waals surface area (Å²) in [6.45, 7) is 3.80. The van der Waals surface area contributed by atoms with Gasteiger partial charge in [-0.2, -0.15) is 0 Å². The Morgan fingerprint density at radius 3 is 2.12 bits per heavy atom. The number of thioether (sulfide) groups is 1. The molecule has 2 amide bonds. The zero-order chi connectivity index (χ0) is 19.1. The average molecular weight is 372 g/mol. The quantitative estimate of drug-likeness (QED) is 0.725. The highest BCUT2D eigenvalue weighted by atomic mass is 32.2. The molecule has 138 valence electrons. The van der Waals surface area contributed by atoms with Crippen LogP contribution in [0.2, 0.25) is 0 Å². The van der Waals surface area contributed by atoms with Gasteiger partial charge >= 0.3 is 0 Å². The summed E-state index contributed by atoms with van der Waals surface area (Å²) in [6.07, 6.45) is 2.00. The van der Waals surface area contributed by atoms with E-state index in [2.05, 4.69) is 10.6 Å². The van der Waals surface area contributed by atoms with Gasteiger partial charge in [0.2, 0.25) is 5.91 Å². The lowest BCUT2D eigenvalue weighted by Crippen LogP contribution is -2.47. The average Bonchev–Trinajstić information content (AvgIpc) is 2.66. The molecular formula is C20H24N2O3S.